The summed E-state index contributed by atoms with van der Waals surface area (Å²) in [7, 11) is 0. The molecule has 1 aliphatic heterocycles. The van der Waals surface area contributed by atoms with Gasteiger partial charge in [-0.1, -0.05) is 35.9 Å². The molecule has 2 fully saturated rings. The summed E-state index contributed by atoms with van der Waals surface area (Å²) < 4.78 is 5.87. The molecule has 5 heteroatoms. The summed E-state index contributed by atoms with van der Waals surface area (Å²) in [5.41, 5.74) is 8.48. The van der Waals surface area contributed by atoms with Crippen LogP contribution in [0.15, 0.2) is 48.5 Å². The Bertz CT molecular complexity index is 734. The van der Waals surface area contributed by atoms with E-state index in [1.165, 1.54) is 12.0 Å². The molecule has 0 bridgehead atoms. The van der Waals surface area contributed by atoms with Gasteiger partial charge in [-0.2, -0.15) is 0 Å². The molecule has 1 saturated heterocycles. The largest absolute Gasteiger partial charge is 0.489 e. The van der Waals surface area contributed by atoms with Gasteiger partial charge in [0.1, 0.15) is 12.4 Å². The predicted molar refractivity (Wildman–Crippen MR) is 110 cm³/mol. The Morgan fingerprint density at radius 3 is 2.59 bits per heavy atom. The second-order valence-corrected chi connectivity index (χ2v) is 8.17. The van der Waals surface area contributed by atoms with Crippen molar-refractivity contribution >= 4 is 11.6 Å². The molecule has 3 atom stereocenters. The molecule has 0 aromatic heterocycles. The molecule has 0 radical (unpaired) electrons. The van der Waals surface area contributed by atoms with Crippen LogP contribution in [0.5, 0.6) is 5.75 Å². The van der Waals surface area contributed by atoms with Crippen LogP contribution in [-0.2, 0) is 6.61 Å². The number of hydrogen-bond acceptors (Lipinski definition) is 4. The van der Waals surface area contributed by atoms with Crippen LogP contribution in [0.4, 0.5) is 0 Å². The van der Waals surface area contributed by atoms with E-state index < -0.39 is 0 Å². The Labute approximate surface area is 166 Å². The quantitative estimate of drug-likeness (QED) is 0.731. The Balaban J connectivity index is 1.19. The Hall–Kier alpha value is -1.59. The van der Waals surface area contributed by atoms with E-state index in [0.717, 1.165) is 48.9 Å². The molecule has 4 nitrogen and oxygen atoms in total. The third-order valence-electron chi connectivity index (χ3n) is 5.56. The molecule has 1 heterocycles. The molecule has 2 unspecified atom stereocenters. The number of nitrogens with two attached hydrogens (primary N) is 1. The topological polar surface area (TPSA) is 50.5 Å². The zero-order valence-electron chi connectivity index (χ0n) is 15.6. The fourth-order valence-electron chi connectivity index (χ4n) is 3.82. The van der Waals surface area contributed by atoms with Gasteiger partial charge in [0.15, 0.2) is 0 Å². The molecule has 2 aromatic carbocycles. The Morgan fingerprint density at radius 1 is 1.11 bits per heavy atom. The lowest BCUT2D eigenvalue weighted by molar-refractivity contribution is 0.306. The van der Waals surface area contributed by atoms with Crippen molar-refractivity contribution in [3.8, 4) is 5.75 Å². The third kappa shape index (κ3) is 5.23. The summed E-state index contributed by atoms with van der Waals surface area (Å²) in [6, 6.07) is 17.3. The molecule has 4 rings (SSSR count). The molecular weight excluding hydrogens is 358 g/mol. The van der Waals surface area contributed by atoms with Gasteiger partial charge in [-0.3, -0.25) is 0 Å². The number of rotatable bonds is 8. The number of likely N-dealkylation sites (tertiary alicyclic amines) is 1. The van der Waals surface area contributed by atoms with E-state index in [9.17, 15) is 0 Å². The van der Waals surface area contributed by atoms with Gasteiger partial charge in [-0.25, -0.2) is 0 Å². The van der Waals surface area contributed by atoms with E-state index in [2.05, 4.69) is 34.5 Å². The van der Waals surface area contributed by atoms with Crippen LogP contribution < -0.4 is 15.8 Å². The van der Waals surface area contributed by atoms with E-state index in [1.807, 2.05) is 24.3 Å². The number of ether oxygens (including phenoxy) is 1. The molecular formula is C22H28ClN3O. The minimum absolute atomic E-state index is 0.374. The highest BCUT2D eigenvalue weighted by atomic mass is 35.5. The molecule has 2 aromatic rings. The van der Waals surface area contributed by atoms with Gasteiger partial charge in [0.25, 0.3) is 0 Å². The SMILES string of the molecule is N[C@@H]1CCN(CCNC2CC2c2ccc(OCc3ccc(Cl)cc3)cc2)C1. The maximum Gasteiger partial charge on any atom is 0.119 e. The fraction of sp³-hybridized carbons (Fsp3) is 0.455. The number of nitrogens with zero attached hydrogens (tertiary/aromatic N) is 1. The molecule has 144 valence electrons. The number of benzene rings is 2. The third-order valence-corrected chi connectivity index (χ3v) is 5.81. The van der Waals surface area contributed by atoms with Gasteiger partial charge < -0.3 is 20.7 Å². The second kappa shape index (κ2) is 8.61. The van der Waals surface area contributed by atoms with Crippen molar-refractivity contribution in [3.63, 3.8) is 0 Å². The zero-order valence-corrected chi connectivity index (χ0v) is 16.4. The van der Waals surface area contributed by atoms with Crippen molar-refractivity contribution < 1.29 is 4.74 Å². The van der Waals surface area contributed by atoms with Gasteiger partial charge in [0, 0.05) is 42.7 Å². The van der Waals surface area contributed by atoms with Gasteiger partial charge in [-0.05, 0) is 54.8 Å². The highest BCUT2D eigenvalue weighted by molar-refractivity contribution is 6.30. The highest BCUT2D eigenvalue weighted by Crippen LogP contribution is 2.41. The van der Waals surface area contributed by atoms with E-state index >= 15 is 0 Å². The molecule has 2 aliphatic rings. The van der Waals surface area contributed by atoms with Crippen LogP contribution in [0, 0.1) is 0 Å². The van der Waals surface area contributed by atoms with Gasteiger partial charge >= 0.3 is 0 Å². The number of hydrogen-bond donors (Lipinski definition) is 2. The molecule has 0 spiro atoms. The number of nitrogens with one attached hydrogen (secondary N) is 1. The standard InChI is InChI=1S/C22H28ClN3O/c23-18-5-1-16(2-6-18)15-27-20-7-3-17(4-8-20)21-13-22(21)25-10-12-26-11-9-19(24)14-26/h1-8,19,21-22,25H,9-15,24H2/t19-,21?,22?/m1/s1. The minimum atomic E-state index is 0.374. The fourth-order valence-corrected chi connectivity index (χ4v) is 3.95. The monoisotopic (exact) mass is 385 g/mol. The summed E-state index contributed by atoms with van der Waals surface area (Å²) in [5.74, 6) is 1.54. The predicted octanol–water partition coefficient (Wildman–Crippen LogP) is 3.40. The summed E-state index contributed by atoms with van der Waals surface area (Å²) in [5, 5.41) is 4.44. The van der Waals surface area contributed by atoms with Crippen molar-refractivity contribution in [3.05, 3.63) is 64.7 Å². The van der Waals surface area contributed by atoms with E-state index in [1.54, 1.807) is 0 Å². The van der Waals surface area contributed by atoms with Crippen LogP contribution in [0.3, 0.4) is 0 Å². The maximum absolute atomic E-state index is 5.96. The van der Waals surface area contributed by atoms with Crippen LogP contribution in [0.1, 0.15) is 29.9 Å². The summed E-state index contributed by atoms with van der Waals surface area (Å²) >= 11 is 5.91. The lowest BCUT2D eigenvalue weighted by Crippen LogP contribution is -2.33. The molecule has 1 aliphatic carbocycles. The van der Waals surface area contributed by atoms with E-state index in [0.29, 0.717) is 24.6 Å². The summed E-state index contributed by atoms with van der Waals surface area (Å²) in [6.07, 6.45) is 2.36. The molecule has 3 N–H and O–H groups in total. The average Bonchev–Trinajstić information content (AvgIpc) is 3.34. The molecule has 1 saturated carbocycles. The lowest BCUT2D eigenvalue weighted by atomic mass is 10.1. The molecule has 0 amide bonds. The van der Waals surface area contributed by atoms with Crippen molar-refractivity contribution in [2.24, 2.45) is 5.73 Å². The Kier molecular flexibility index (Phi) is 5.98. The van der Waals surface area contributed by atoms with Gasteiger partial charge in [0.05, 0.1) is 0 Å². The first-order valence-electron chi connectivity index (χ1n) is 9.86. The zero-order chi connectivity index (χ0) is 18.6. The first kappa shape index (κ1) is 18.8. The maximum atomic E-state index is 5.96. The van der Waals surface area contributed by atoms with E-state index in [-0.39, 0.29) is 0 Å². The highest BCUT2D eigenvalue weighted by Gasteiger charge is 2.37. The van der Waals surface area contributed by atoms with Crippen LogP contribution >= 0.6 is 11.6 Å². The number of halogens is 1. The van der Waals surface area contributed by atoms with Crippen molar-refractivity contribution in [1.29, 1.82) is 0 Å². The van der Waals surface area contributed by atoms with Crippen molar-refractivity contribution in [2.45, 2.75) is 37.5 Å². The van der Waals surface area contributed by atoms with Gasteiger partial charge in [0.2, 0.25) is 0 Å². The smallest absolute Gasteiger partial charge is 0.119 e. The van der Waals surface area contributed by atoms with Crippen molar-refractivity contribution in [2.75, 3.05) is 26.2 Å². The summed E-state index contributed by atoms with van der Waals surface area (Å²) in [6.45, 7) is 4.91. The first-order valence-corrected chi connectivity index (χ1v) is 10.2. The normalized spacial score (nSPS) is 24.9. The average molecular weight is 386 g/mol. The minimum Gasteiger partial charge on any atom is -0.489 e. The van der Waals surface area contributed by atoms with Crippen LogP contribution in [0.2, 0.25) is 5.02 Å². The van der Waals surface area contributed by atoms with E-state index in [4.69, 9.17) is 22.1 Å². The van der Waals surface area contributed by atoms with Crippen LogP contribution in [0.25, 0.3) is 0 Å². The summed E-state index contributed by atoms with van der Waals surface area (Å²) in [4.78, 5) is 2.46. The van der Waals surface area contributed by atoms with Crippen molar-refractivity contribution in [1.82, 2.24) is 10.2 Å². The molecule has 27 heavy (non-hydrogen) atoms. The first-order chi connectivity index (χ1) is 13.2. The lowest BCUT2D eigenvalue weighted by Gasteiger charge is -2.15. The second-order valence-electron chi connectivity index (χ2n) is 7.74. The Morgan fingerprint density at radius 2 is 1.89 bits per heavy atom. The van der Waals surface area contributed by atoms with Crippen LogP contribution in [-0.4, -0.2) is 43.2 Å². The van der Waals surface area contributed by atoms with Gasteiger partial charge in [-0.15, -0.1) is 0 Å².